The highest BCUT2D eigenvalue weighted by molar-refractivity contribution is 9.10. The van der Waals surface area contributed by atoms with Gasteiger partial charge < -0.3 is 5.32 Å². The van der Waals surface area contributed by atoms with Crippen molar-refractivity contribution in [3.8, 4) is 0 Å². The summed E-state index contributed by atoms with van der Waals surface area (Å²) < 4.78 is 0.877. The molecule has 0 heterocycles. The maximum atomic E-state index is 11.7. The molecule has 0 spiro atoms. The molecule has 88 valence electrons. The van der Waals surface area contributed by atoms with E-state index in [9.17, 15) is 4.79 Å². The van der Waals surface area contributed by atoms with Crippen LogP contribution >= 0.6 is 40.2 Å². The zero-order valence-corrected chi connectivity index (χ0v) is 12.2. The van der Waals surface area contributed by atoms with E-state index < -0.39 is 0 Å². The molecular formula is C11H13BrClNOS. The molecule has 1 atom stereocenters. The summed E-state index contributed by atoms with van der Waals surface area (Å²) in [6.07, 6.45) is 0. The minimum Gasteiger partial charge on any atom is -0.324 e. The zero-order valence-electron chi connectivity index (χ0n) is 9.00. The number of thiol groups is 1. The number of carbonyl (C=O) groups excluding carboxylic acids is 1. The average molecular weight is 323 g/mol. The Morgan fingerprint density at radius 2 is 2.12 bits per heavy atom. The normalized spacial score (nSPS) is 12.6. The van der Waals surface area contributed by atoms with Gasteiger partial charge in [-0.15, -0.1) is 0 Å². The number of nitrogens with one attached hydrogen (secondary N) is 1. The third kappa shape index (κ3) is 3.68. The fourth-order valence-corrected chi connectivity index (χ4v) is 1.89. The highest BCUT2D eigenvalue weighted by atomic mass is 79.9. The number of rotatable bonds is 3. The van der Waals surface area contributed by atoms with E-state index in [1.54, 1.807) is 12.1 Å². The van der Waals surface area contributed by atoms with Crippen LogP contribution < -0.4 is 5.32 Å². The lowest BCUT2D eigenvalue weighted by atomic mass is 10.1. The molecular weight excluding hydrogens is 310 g/mol. The van der Waals surface area contributed by atoms with Gasteiger partial charge in [-0.25, -0.2) is 0 Å². The van der Waals surface area contributed by atoms with Crippen molar-refractivity contribution < 1.29 is 4.79 Å². The monoisotopic (exact) mass is 321 g/mol. The van der Waals surface area contributed by atoms with Crippen LogP contribution in [0.2, 0.25) is 5.02 Å². The summed E-state index contributed by atoms with van der Waals surface area (Å²) in [6.45, 7) is 3.89. The quantitative estimate of drug-likeness (QED) is 0.809. The number of hydrogen-bond donors (Lipinski definition) is 2. The summed E-state index contributed by atoms with van der Waals surface area (Å²) in [7, 11) is 0. The first kappa shape index (κ1) is 13.9. The van der Waals surface area contributed by atoms with Gasteiger partial charge in [0.15, 0.2) is 0 Å². The fraction of sp³-hybridized carbons (Fsp3) is 0.364. The van der Waals surface area contributed by atoms with Crippen molar-refractivity contribution in [3.05, 3.63) is 27.7 Å². The number of anilines is 1. The van der Waals surface area contributed by atoms with Gasteiger partial charge in [0.2, 0.25) is 5.91 Å². The Balaban J connectivity index is 2.77. The van der Waals surface area contributed by atoms with Gasteiger partial charge in [-0.05, 0) is 24.1 Å². The first-order valence-corrected chi connectivity index (χ1v) is 6.54. The molecule has 1 aromatic carbocycles. The summed E-state index contributed by atoms with van der Waals surface area (Å²) in [5, 5.41) is 2.92. The summed E-state index contributed by atoms with van der Waals surface area (Å²) in [5.41, 5.74) is 0.606. The maximum Gasteiger partial charge on any atom is 0.237 e. The van der Waals surface area contributed by atoms with Crippen LogP contribution in [-0.4, -0.2) is 11.2 Å². The van der Waals surface area contributed by atoms with Crippen LogP contribution in [0, 0.1) is 5.92 Å². The Hall–Kier alpha value is -0.190. The predicted molar refractivity (Wildman–Crippen MR) is 75.4 cm³/mol. The second kappa shape index (κ2) is 5.94. The molecule has 0 aliphatic heterocycles. The largest absolute Gasteiger partial charge is 0.324 e. The van der Waals surface area contributed by atoms with Crippen molar-refractivity contribution in [2.75, 3.05) is 5.32 Å². The number of hydrogen-bond acceptors (Lipinski definition) is 2. The van der Waals surface area contributed by atoms with Gasteiger partial charge in [0.05, 0.1) is 16.0 Å². The summed E-state index contributed by atoms with van der Waals surface area (Å²) in [6, 6.07) is 5.32. The SMILES string of the molecule is CC(C)C(S)C(=O)Nc1ccc(Br)cc1Cl. The summed E-state index contributed by atoms with van der Waals surface area (Å²) in [4.78, 5) is 11.7. The fourth-order valence-electron chi connectivity index (χ4n) is 1.10. The van der Waals surface area contributed by atoms with Gasteiger partial charge in [0.1, 0.15) is 0 Å². The van der Waals surface area contributed by atoms with Crippen LogP contribution in [0.3, 0.4) is 0 Å². The Kier molecular flexibility index (Phi) is 5.15. The molecule has 16 heavy (non-hydrogen) atoms. The molecule has 0 fully saturated rings. The van der Waals surface area contributed by atoms with Crippen molar-refractivity contribution in [3.63, 3.8) is 0 Å². The number of benzene rings is 1. The van der Waals surface area contributed by atoms with Gasteiger partial charge >= 0.3 is 0 Å². The van der Waals surface area contributed by atoms with E-state index in [1.807, 2.05) is 19.9 Å². The number of halogens is 2. The van der Waals surface area contributed by atoms with Gasteiger partial charge in [0.25, 0.3) is 0 Å². The van der Waals surface area contributed by atoms with Crippen LogP contribution in [0.1, 0.15) is 13.8 Å². The Morgan fingerprint density at radius 3 is 2.62 bits per heavy atom. The summed E-state index contributed by atoms with van der Waals surface area (Å²) >= 11 is 13.5. The van der Waals surface area contributed by atoms with E-state index in [4.69, 9.17) is 11.6 Å². The second-order valence-corrected chi connectivity index (χ2v) is 5.68. The van der Waals surface area contributed by atoms with Crippen molar-refractivity contribution >= 4 is 51.8 Å². The van der Waals surface area contributed by atoms with E-state index in [1.165, 1.54) is 0 Å². The molecule has 0 aliphatic rings. The van der Waals surface area contributed by atoms with E-state index in [0.29, 0.717) is 10.7 Å². The van der Waals surface area contributed by atoms with Crippen LogP contribution in [-0.2, 0) is 4.79 Å². The third-order valence-corrected chi connectivity index (χ3v) is 3.73. The lowest BCUT2D eigenvalue weighted by Crippen LogP contribution is -2.27. The smallest absolute Gasteiger partial charge is 0.237 e. The van der Waals surface area contributed by atoms with Crippen molar-refractivity contribution in [2.24, 2.45) is 5.92 Å². The first-order valence-electron chi connectivity index (χ1n) is 4.86. The molecule has 0 saturated heterocycles. The third-order valence-electron chi connectivity index (χ3n) is 2.09. The molecule has 0 aliphatic carbocycles. The Labute approximate surface area is 114 Å². The van der Waals surface area contributed by atoms with E-state index in [2.05, 4.69) is 33.9 Å². The van der Waals surface area contributed by atoms with E-state index >= 15 is 0 Å². The number of carbonyl (C=O) groups is 1. The lowest BCUT2D eigenvalue weighted by Gasteiger charge is -2.15. The van der Waals surface area contributed by atoms with Gasteiger partial charge in [0, 0.05) is 4.47 Å². The molecule has 1 rings (SSSR count). The van der Waals surface area contributed by atoms with Gasteiger partial charge in [-0.3, -0.25) is 4.79 Å². The molecule has 5 heteroatoms. The zero-order chi connectivity index (χ0) is 12.3. The molecule has 1 N–H and O–H groups in total. The van der Waals surface area contributed by atoms with Gasteiger partial charge in [-0.2, -0.15) is 12.6 Å². The maximum absolute atomic E-state index is 11.7. The Bertz CT molecular complexity index is 398. The molecule has 0 radical (unpaired) electrons. The van der Waals surface area contributed by atoms with Crippen LogP contribution in [0.25, 0.3) is 0 Å². The minimum atomic E-state index is -0.334. The Morgan fingerprint density at radius 1 is 1.50 bits per heavy atom. The van der Waals surface area contributed by atoms with E-state index in [-0.39, 0.29) is 17.1 Å². The highest BCUT2D eigenvalue weighted by Crippen LogP contribution is 2.26. The molecule has 1 amide bonds. The predicted octanol–water partition coefficient (Wildman–Crippen LogP) is 4.00. The molecule has 2 nitrogen and oxygen atoms in total. The molecule has 1 aromatic rings. The molecule has 0 saturated carbocycles. The van der Waals surface area contributed by atoms with Crippen LogP contribution in [0.15, 0.2) is 22.7 Å². The highest BCUT2D eigenvalue weighted by Gasteiger charge is 2.18. The second-order valence-electron chi connectivity index (χ2n) is 3.80. The molecule has 0 bridgehead atoms. The minimum absolute atomic E-state index is 0.137. The van der Waals surface area contributed by atoms with Crippen molar-refractivity contribution in [1.82, 2.24) is 0 Å². The topological polar surface area (TPSA) is 29.1 Å². The average Bonchev–Trinajstić information content (AvgIpc) is 2.20. The first-order chi connectivity index (χ1) is 7.41. The van der Waals surface area contributed by atoms with E-state index in [0.717, 1.165) is 4.47 Å². The van der Waals surface area contributed by atoms with Gasteiger partial charge in [-0.1, -0.05) is 41.4 Å². The lowest BCUT2D eigenvalue weighted by molar-refractivity contribution is -0.116. The van der Waals surface area contributed by atoms with Crippen LogP contribution in [0.5, 0.6) is 0 Å². The molecule has 0 aromatic heterocycles. The molecule has 1 unspecified atom stereocenters. The summed E-state index contributed by atoms with van der Waals surface area (Å²) in [5.74, 6) is 0.0418. The van der Waals surface area contributed by atoms with Crippen LogP contribution in [0.4, 0.5) is 5.69 Å². The standard InChI is InChI=1S/C11H13BrClNOS/c1-6(2)10(16)11(15)14-9-4-3-7(12)5-8(9)13/h3-6,10,16H,1-2H3,(H,14,15). The van der Waals surface area contributed by atoms with Crippen molar-refractivity contribution in [2.45, 2.75) is 19.1 Å². The van der Waals surface area contributed by atoms with Crippen molar-refractivity contribution in [1.29, 1.82) is 0 Å². The number of amides is 1.